The van der Waals surface area contributed by atoms with Gasteiger partial charge in [0.05, 0.1) is 6.10 Å². The molecule has 3 atom stereocenters. The Kier molecular flexibility index (Phi) is 16.7. The predicted molar refractivity (Wildman–Crippen MR) is 102 cm³/mol. The first-order valence-electron chi connectivity index (χ1n) is 9.43. The molecule has 0 saturated carbocycles. The Morgan fingerprint density at radius 3 is 1.83 bits per heavy atom. The minimum absolute atomic E-state index is 0.178. The quantitative estimate of drug-likeness (QED) is 0.480. The molecule has 0 aromatic heterocycles. The van der Waals surface area contributed by atoms with Crippen molar-refractivity contribution in [1.82, 2.24) is 0 Å². The summed E-state index contributed by atoms with van der Waals surface area (Å²) in [5.74, 6) is 2.02. The molecule has 0 N–H and O–H groups in total. The van der Waals surface area contributed by atoms with Crippen molar-refractivity contribution in [1.29, 1.82) is 0 Å². The van der Waals surface area contributed by atoms with Crippen molar-refractivity contribution in [3.8, 4) is 5.75 Å². The number of halogens is 1. The van der Waals surface area contributed by atoms with Crippen molar-refractivity contribution in [2.75, 3.05) is 0 Å². The van der Waals surface area contributed by atoms with Gasteiger partial charge < -0.3 is 4.74 Å². The third-order valence-electron chi connectivity index (χ3n) is 3.73. The molecule has 0 bridgehead atoms. The minimum Gasteiger partial charge on any atom is -0.491 e. The summed E-state index contributed by atoms with van der Waals surface area (Å²) in [5.41, 5.74) is 0. The molecule has 0 aliphatic rings. The lowest BCUT2D eigenvalue weighted by molar-refractivity contribution is 0.183. The normalized spacial score (nSPS) is 13.6. The maximum atomic E-state index is 12.8. The van der Waals surface area contributed by atoms with Crippen LogP contribution in [0.3, 0.4) is 0 Å². The molecule has 1 nitrogen and oxygen atoms in total. The molecule has 0 amide bonds. The van der Waals surface area contributed by atoms with Crippen LogP contribution in [0.5, 0.6) is 5.75 Å². The third kappa shape index (κ3) is 13.1. The first-order valence-corrected chi connectivity index (χ1v) is 9.43. The van der Waals surface area contributed by atoms with E-state index in [-0.39, 0.29) is 11.9 Å². The average molecular weight is 327 g/mol. The standard InChI is InChI=1S/C17H27FO.2C2H6/c1-5-13(2)6-7-14(3)12-15(4)19-17-10-8-16(18)9-11-17;2*1-2/h8-11,13-15H,5-7,12H2,1-4H3;2*1-2H3. The predicted octanol–water partition coefficient (Wildman–Crippen LogP) is 7.50. The van der Waals surface area contributed by atoms with Crippen molar-refractivity contribution < 1.29 is 9.13 Å². The lowest BCUT2D eigenvalue weighted by atomic mass is 9.93. The highest BCUT2D eigenvalue weighted by Crippen LogP contribution is 2.21. The molecule has 23 heavy (non-hydrogen) atoms. The largest absolute Gasteiger partial charge is 0.491 e. The van der Waals surface area contributed by atoms with Crippen LogP contribution in [-0.2, 0) is 0 Å². The maximum absolute atomic E-state index is 12.8. The molecule has 0 radical (unpaired) electrons. The molecule has 1 rings (SSSR count). The van der Waals surface area contributed by atoms with Crippen LogP contribution in [0.4, 0.5) is 4.39 Å². The van der Waals surface area contributed by atoms with Gasteiger partial charge in [-0.3, -0.25) is 0 Å². The van der Waals surface area contributed by atoms with Crippen molar-refractivity contribution in [2.45, 2.75) is 87.2 Å². The van der Waals surface area contributed by atoms with Gasteiger partial charge in [0, 0.05) is 0 Å². The molecule has 136 valence electrons. The lowest BCUT2D eigenvalue weighted by Crippen LogP contribution is -2.16. The minimum atomic E-state index is -0.220. The van der Waals surface area contributed by atoms with Crippen LogP contribution in [0.15, 0.2) is 24.3 Å². The second-order valence-electron chi connectivity index (χ2n) is 5.81. The summed E-state index contributed by atoms with van der Waals surface area (Å²) >= 11 is 0. The van der Waals surface area contributed by atoms with Gasteiger partial charge in [-0.15, -0.1) is 0 Å². The summed E-state index contributed by atoms with van der Waals surface area (Å²) in [6, 6.07) is 6.26. The van der Waals surface area contributed by atoms with Gasteiger partial charge in [-0.25, -0.2) is 4.39 Å². The summed E-state index contributed by atoms with van der Waals surface area (Å²) in [5, 5.41) is 0. The number of hydrogen-bond donors (Lipinski definition) is 0. The molecule has 2 heteroatoms. The Labute approximate surface area is 144 Å². The van der Waals surface area contributed by atoms with Gasteiger partial charge in [0.25, 0.3) is 0 Å². The number of rotatable bonds is 8. The molecular formula is C21H39FO. The highest BCUT2D eigenvalue weighted by atomic mass is 19.1. The van der Waals surface area contributed by atoms with E-state index in [4.69, 9.17) is 4.74 Å². The Balaban J connectivity index is 0. The summed E-state index contributed by atoms with van der Waals surface area (Å²) in [6.07, 6.45) is 5.03. The van der Waals surface area contributed by atoms with E-state index in [1.165, 1.54) is 31.4 Å². The first-order chi connectivity index (χ1) is 11.0. The van der Waals surface area contributed by atoms with Gasteiger partial charge in [-0.05, 0) is 49.4 Å². The fraction of sp³-hybridized carbons (Fsp3) is 0.714. The maximum Gasteiger partial charge on any atom is 0.123 e. The molecule has 1 aromatic rings. The van der Waals surface area contributed by atoms with E-state index in [2.05, 4.69) is 27.7 Å². The van der Waals surface area contributed by atoms with Crippen molar-refractivity contribution >= 4 is 0 Å². The summed E-state index contributed by atoms with van der Waals surface area (Å²) in [7, 11) is 0. The number of benzene rings is 1. The van der Waals surface area contributed by atoms with E-state index in [0.717, 1.165) is 18.1 Å². The van der Waals surface area contributed by atoms with Gasteiger partial charge in [-0.2, -0.15) is 0 Å². The summed E-state index contributed by atoms with van der Waals surface area (Å²) in [4.78, 5) is 0. The van der Waals surface area contributed by atoms with E-state index in [1.807, 2.05) is 27.7 Å². The van der Waals surface area contributed by atoms with Crippen LogP contribution >= 0.6 is 0 Å². The van der Waals surface area contributed by atoms with Crippen molar-refractivity contribution in [2.24, 2.45) is 11.8 Å². The van der Waals surface area contributed by atoms with E-state index in [0.29, 0.717) is 5.92 Å². The second-order valence-corrected chi connectivity index (χ2v) is 5.81. The molecular weight excluding hydrogens is 287 g/mol. The van der Waals surface area contributed by atoms with E-state index in [1.54, 1.807) is 12.1 Å². The van der Waals surface area contributed by atoms with Crippen LogP contribution in [0.2, 0.25) is 0 Å². The van der Waals surface area contributed by atoms with Crippen molar-refractivity contribution in [3.05, 3.63) is 30.1 Å². The monoisotopic (exact) mass is 326 g/mol. The van der Waals surface area contributed by atoms with Gasteiger partial charge in [0.15, 0.2) is 0 Å². The average Bonchev–Trinajstić information content (AvgIpc) is 2.58. The van der Waals surface area contributed by atoms with Crippen LogP contribution in [-0.4, -0.2) is 6.10 Å². The zero-order valence-corrected chi connectivity index (χ0v) is 16.7. The molecule has 1 aromatic carbocycles. The topological polar surface area (TPSA) is 9.23 Å². The van der Waals surface area contributed by atoms with Crippen LogP contribution in [0, 0.1) is 17.7 Å². The van der Waals surface area contributed by atoms with Crippen LogP contribution < -0.4 is 4.74 Å². The molecule has 0 saturated heterocycles. The highest BCUT2D eigenvalue weighted by Gasteiger charge is 2.11. The Hall–Kier alpha value is -1.05. The Morgan fingerprint density at radius 1 is 0.870 bits per heavy atom. The third-order valence-corrected chi connectivity index (χ3v) is 3.73. The first kappa shape index (κ1) is 24.2. The summed E-state index contributed by atoms with van der Waals surface area (Å²) in [6.45, 7) is 16.9. The molecule has 0 heterocycles. The molecule has 0 spiro atoms. The zero-order chi connectivity index (χ0) is 18.3. The van der Waals surface area contributed by atoms with Crippen LogP contribution in [0.1, 0.15) is 81.1 Å². The zero-order valence-electron chi connectivity index (χ0n) is 16.7. The molecule has 0 fully saturated rings. The van der Waals surface area contributed by atoms with Gasteiger partial charge in [0.2, 0.25) is 0 Å². The summed E-state index contributed by atoms with van der Waals surface area (Å²) < 4.78 is 18.6. The van der Waals surface area contributed by atoms with Crippen molar-refractivity contribution in [3.63, 3.8) is 0 Å². The highest BCUT2D eigenvalue weighted by molar-refractivity contribution is 5.22. The molecule has 3 unspecified atom stereocenters. The van der Waals surface area contributed by atoms with E-state index in [9.17, 15) is 4.39 Å². The smallest absolute Gasteiger partial charge is 0.123 e. The lowest BCUT2D eigenvalue weighted by Gasteiger charge is -2.20. The van der Waals surface area contributed by atoms with Crippen LogP contribution in [0.25, 0.3) is 0 Å². The Bertz CT molecular complexity index is 347. The molecule has 0 aliphatic carbocycles. The van der Waals surface area contributed by atoms with Gasteiger partial charge >= 0.3 is 0 Å². The Morgan fingerprint density at radius 2 is 1.35 bits per heavy atom. The SMILES string of the molecule is CC.CC.CCC(C)CCC(C)CC(C)Oc1ccc(F)cc1. The number of hydrogen-bond acceptors (Lipinski definition) is 1. The molecule has 0 aliphatic heterocycles. The second kappa shape index (κ2) is 15.8. The van der Waals surface area contributed by atoms with E-state index < -0.39 is 0 Å². The van der Waals surface area contributed by atoms with E-state index >= 15 is 0 Å². The van der Waals surface area contributed by atoms with Gasteiger partial charge in [0.1, 0.15) is 11.6 Å². The fourth-order valence-corrected chi connectivity index (χ4v) is 2.25. The number of ether oxygens (including phenoxy) is 1. The van der Waals surface area contributed by atoms with Gasteiger partial charge in [-0.1, -0.05) is 67.7 Å². The fourth-order valence-electron chi connectivity index (χ4n) is 2.25.